The first kappa shape index (κ1) is 15.7. The number of amides is 1. The van der Waals surface area contributed by atoms with E-state index in [-0.39, 0.29) is 29.5 Å². The zero-order valence-electron chi connectivity index (χ0n) is 12.0. The first-order valence-electron chi connectivity index (χ1n) is 6.79. The van der Waals surface area contributed by atoms with Gasteiger partial charge in [0.05, 0.1) is 18.5 Å². The number of hydrogen-bond acceptors (Lipinski definition) is 5. The number of rotatable bonds is 5. The standard InChI is InChI=1S/C14H16N2O6/c1-22-12-5-4-9(7-11(12)16(20)21)14(19)15-6-2-3-10(15)8-13(17)18/h4-5,7,10H,2-3,6,8H2,1H3,(H,17,18). The lowest BCUT2D eigenvalue weighted by Gasteiger charge is -2.23. The SMILES string of the molecule is COc1ccc(C(=O)N2CCCC2CC(=O)O)cc1[N+](=O)[O-]. The van der Waals surface area contributed by atoms with Crippen molar-refractivity contribution in [1.82, 2.24) is 4.90 Å². The highest BCUT2D eigenvalue weighted by atomic mass is 16.6. The van der Waals surface area contributed by atoms with Crippen molar-refractivity contribution in [3.05, 3.63) is 33.9 Å². The summed E-state index contributed by atoms with van der Waals surface area (Å²) in [6.45, 7) is 0.455. The van der Waals surface area contributed by atoms with Gasteiger partial charge in [0.15, 0.2) is 5.75 Å². The average molecular weight is 308 g/mol. The van der Waals surface area contributed by atoms with Gasteiger partial charge >= 0.3 is 11.7 Å². The van der Waals surface area contributed by atoms with Crippen molar-refractivity contribution in [2.24, 2.45) is 0 Å². The maximum absolute atomic E-state index is 12.5. The summed E-state index contributed by atoms with van der Waals surface area (Å²) < 4.78 is 4.90. The summed E-state index contributed by atoms with van der Waals surface area (Å²) in [7, 11) is 1.31. The largest absolute Gasteiger partial charge is 0.490 e. The number of hydrogen-bond donors (Lipinski definition) is 1. The van der Waals surface area contributed by atoms with E-state index in [1.54, 1.807) is 0 Å². The van der Waals surface area contributed by atoms with Crippen molar-refractivity contribution in [2.45, 2.75) is 25.3 Å². The van der Waals surface area contributed by atoms with Gasteiger partial charge < -0.3 is 14.7 Å². The Hall–Kier alpha value is -2.64. The molecule has 1 heterocycles. The molecule has 118 valence electrons. The molecule has 0 bridgehead atoms. The van der Waals surface area contributed by atoms with Crippen molar-refractivity contribution in [2.75, 3.05) is 13.7 Å². The van der Waals surface area contributed by atoms with Crippen LogP contribution in [0.25, 0.3) is 0 Å². The topological polar surface area (TPSA) is 110 Å². The quantitative estimate of drug-likeness (QED) is 0.654. The van der Waals surface area contributed by atoms with Crippen LogP contribution in [0.2, 0.25) is 0 Å². The molecule has 1 aromatic carbocycles. The van der Waals surface area contributed by atoms with Crippen molar-refractivity contribution in [1.29, 1.82) is 0 Å². The van der Waals surface area contributed by atoms with E-state index in [1.165, 1.54) is 24.1 Å². The number of carbonyl (C=O) groups excluding carboxylic acids is 1. The second-order valence-corrected chi connectivity index (χ2v) is 5.04. The summed E-state index contributed by atoms with van der Waals surface area (Å²) in [5.74, 6) is -1.29. The number of nitrogens with zero attached hydrogens (tertiary/aromatic N) is 2. The maximum atomic E-state index is 12.5. The van der Waals surface area contributed by atoms with E-state index < -0.39 is 16.8 Å². The minimum Gasteiger partial charge on any atom is -0.490 e. The monoisotopic (exact) mass is 308 g/mol. The maximum Gasteiger partial charge on any atom is 0.311 e. The molecular weight excluding hydrogens is 292 g/mol. The smallest absolute Gasteiger partial charge is 0.311 e. The van der Waals surface area contributed by atoms with Gasteiger partial charge in [-0.05, 0) is 25.0 Å². The van der Waals surface area contributed by atoms with Gasteiger partial charge in [0.25, 0.3) is 5.91 Å². The predicted molar refractivity (Wildman–Crippen MR) is 76.0 cm³/mol. The Morgan fingerprint density at radius 1 is 1.50 bits per heavy atom. The lowest BCUT2D eigenvalue weighted by Crippen LogP contribution is -2.36. The van der Waals surface area contributed by atoms with Crippen LogP contribution in [-0.4, -0.2) is 46.5 Å². The lowest BCUT2D eigenvalue weighted by molar-refractivity contribution is -0.385. The molecule has 0 saturated carbocycles. The van der Waals surface area contributed by atoms with E-state index >= 15 is 0 Å². The van der Waals surface area contributed by atoms with Gasteiger partial charge in [0.1, 0.15) is 0 Å². The molecule has 22 heavy (non-hydrogen) atoms. The first-order chi connectivity index (χ1) is 10.4. The highest BCUT2D eigenvalue weighted by Gasteiger charge is 2.32. The number of carbonyl (C=O) groups is 2. The lowest BCUT2D eigenvalue weighted by atomic mass is 10.1. The third kappa shape index (κ3) is 3.16. The Bertz CT molecular complexity index is 615. The number of benzene rings is 1. The molecule has 2 rings (SSSR count). The Labute approximate surface area is 126 Å². The molecule has 1 aliphatic heterocycles. The fraction of sp³-hybridized carbons (Fsp3) is 0.429. The van der Waals surface area contributed by atoms with E-state index in [4.69, 9.17) is 9.84 Å². The molecule has 0 aromatic heterocycles. The third-order valence-corrected chi connectivity index (χ3v) is 3.67. The zero-order chi connectivity index (χ0) is 16.3. The molecule has 0 aliphatic carbocycles. The Balaban J connectivity index is 2.27. The molecule has 1 N–H and O–H groups in total. The Kier molecular flexibility index (Phi) is 4.59. The van der Waals surface area contributed by atoms with E-state index in [1.807, 2.05) is 0 Å². The summed E-state index contributed by atoms with van der Waals surface area (Å²) >= 11 is 0. The molecule has 1 amide bonds. The number of nitro benzene ring substituents is 1. The van der Waals surface area contributed by atoms with Crippen LogP contribution in [0, 0.1) is 10.1 Å². The summed E-state index contributed by atoms with van der Waals surface area (Å²) in [6, 6.07) is 3.61. The van der Waals surface area contributed by atoms with Crippen LogP contribution in [0.1, 0.15) is 29.6 Å². The van der Waals surface area contributed by atoms with Crippen molar-refractivity contribution in [3.8, 4) is 5.75 Å². The van der Waals surface area contributed by atoms with E-state index in [9.17, 15) is 19.7 Å². The molecule has 1 unspecified atom stereocenters. The van der Waals surface area contributed by atoms with Gasteiger partial charge in [-0.2, -0.15) is 0 Å². The molecule has 1 fully saturated rings. The number of carboxylic acids is 1. The van der Waals surface area contributed by atoms with Crippen LogP contribution in [0.3, 0.4) is 0 Å². The number of nitro groups is 1. The van der Waals surface area contributed by atoms with Gasteiger partial charge in [-0.15, -0.1) is 0 Å². The highest BCUT2D eigenvalue weighted by molar-refractivity contribution is 5.95. The number of likely N-dealkylation sites (tertiary alicyclic amines) is 1. The van der Waals surface area contributed by atoms with Crippen LogP contribution >= 0.6 is 0 Å². The van der Waals surface area contributed by atoms with Crippen LogP contribution in [0.5, 0.6) is 5.75 Å². The Morgan fingerprint density at radius 3 is 2.82 bits per heavy atom. The zero-order valence-corrected chi connectivity index (χ0v) is 12.0. The van der Waals surface area contributed by atoms with Gasteiger partial charge in [-0.3, -0.25) is 19.7 Å². The van der Waals surface area contributed by atoms with Crippen LogP contribution in [-0.2, 0) is 4.79 Å². The molecule has 1 aromatic rings. The number of ether oxygens (including phenoxy) is 1. The minimum absolute atomic E-state index is 0.0741. The van der Waals surface area contributed by atoms with E-state index in [0.717, 1.165) is 12.5 Å². The fourth-order valence-corrected chi connectivity index (χ4v) is 2.65. The van der Waals surface area contributed by atoms with Gasteiger partial charge in [0.2, 0.25) is 0 Å². The second kappa shape index (κ2) is 6.42. The minimum atomic E-state index is -0.967. The molecule has 1 aliphatic rings. The fourth-order valence-electron chi connectivity index (χ4n) is 2.65. The second-order valence-electron chi connectivity index (χ2n) is 5.04. The summed E-state index contributed by atoms with van der Waals surface area (Å²) in [5.41, 5.74) is -0.132. The highest BCUT2D eigenvalue weighted by Crippen LogP contribution is 2.29. The molecular formula is C14H16N2O6. The predicted octanol–water partition coefficient (Wildman–Crippen LogP) is 1.68. The Morgan fingerprint density at radius 2 is 2.23 bits per heavy atom. The van der Waals surface area contributed by atoms with Crippen LogP contribution in [0.4, 0.5) is 5.69 Å². The number of aliphatic carboxylic acids is 1. The van der Waals surface area contributed by atoms with Crippen molar-refractivity contribution in [3.63, 3.8) is 0 Å². The number of methoxy groups -OCH3 is 1. The molecule has 0 radical (unpaired) electrons. The molecule has 0 spiro atoms. The van der Waals surface area contributed by atoms with Gasteiger partial charge in [-0.25, -0.2) is 0 Å². The first-order valence-corrected chi connectivity index (χ1v) is 6.79. The van der Waals surface area contributed by atoms with Gasteiger partial charge in [-0.1, -0.05) is 0 Å². The van der Waals surface area contributed by atoms with Crippen molar-refractivity contribution >= 4 is 17.6 Å². The van der Waals surface area contributed by atoms with Crippen molar-refractivity contribution < 1.29 is 24.4 Å². The molecule has 8 heteroatoms. The summed E-state index contributed by atoms with van der Waals surface area (Å²) in [4.78, 5) is 35.2. The molecule has 1 saturated heterocycles. The van der Waals surface area contributed by atoms with Crippen LogP contribution in [0.15, 0.2) is 18.2 Å². The van der Waals surface area contributed by atoms with Gasteiger partial charge in [0, 0.05) is 24.2 Å². The average Bonchev–Trinajstić information content (AvgIpc) is 2.93. The van der Waals surface area contributed by atoms with Crippen LogP contribution < -0.4 is 4.74 Å². The van der Waals surface area contributed by atoms with E-state index in [2.05, 4.69) is 0 Å². The van der Waals surface area contributed by atoms with E-state index in [0.29, 0.717) is 13.0 Å². The third-order valence-electron chi connectivity index (χ3n) is 3.67. The molecule has 8 nitrogen and oxygen atoms in total. The normalized spacial score (nSPS) is 17.3. The summed E-state index contributed by atoms with van der Waals surface area (Å²) in [5, 5.41) is 19.9. The summed E-state index contributed by atoms with van der Waals surface area (Å²) in [6.07, 6.45) is 1.22. The number of carboxylic acid groups (broad SMARTS) is 1. The molecule has 1 atom stereocenters.